The number of rotatable bonds is 0. The molecule has 50 valence electrons. The van der Waals surface area contributed by atoms with Crippen LogP contribution in [-0.2, 0) is 59.9 Å². The third kappa shape index (κ3) is 138. The second-order valence-electron chi connectivity index (χ2n) is 0. The molecule has 0 unspecified atom stereocenters. The number of hydrogen-bond acceptors (Lipinski definition) is 0. The van der Waals surface area contributed by atoms with Crippen molar-refractivity contribution in [2.75, 3.05) is 0 Å². The minimum absolute atomic E-state index is 0. The molecule has 0 aliphatic heterocycles. The van der Waals surface area contributed by atoms with Gasteiger partial charge in [-0.3, -0.25) is 0 Å². The fourth-order valence-electron chi connectivity index (χ4n) is 0. The van der Waals surface area contributed by atoms with Crippen LogP contribution in [0.15, 0.2) is 0 Å². The van der Waals surface area contributed by atoms with Gasteiger partial charge in [0.2, 0.25) is 0 Å². The van der Waals surface area contributed by atoms with Crippen LogP contribution in [-0.4, -0.2) is 56.7 Å². The number of hydrogen-bond donors (Lipinski definition) is 0. The third-order valence-corrected chi connectivity index (χ3v) is 0. The van der Waals surface area contributed by atoms with Crippen LogP contribution < -0.4 is 0 Å². The molecule has 11 heavy (non-hydrogen) atoms. The van der Waals surface area contributed by atoms with Gasteiger partial charge >= 0.3 is 34.7 Å². The van der Waals surface area contributed by atoms with E-state index in [1.807, 2.05) is 0 Å². The van der Waals surface area contributed by atoms with Gasteiger partial charge in [-0.1, -0.05) is 0 Å². The Labute approximate surface area is 135 Å². The second-order valence-corrected chi connectivity index (χ2v) is 0. The van der Waals surface area contributed by atoms with Crippen molar-refractivity contribution in [1.29, 1.82) is 0 Å². The summed E-state index contributed by atoms with van der Waals surface area (Å²) in [6.45, 7) is 0. The Hall–Kier alpha value is 3.67. The minimum atomic E-state index is 0. The maximum Gasteiger partial charge on any atom is 3.00 e. The van der Waals surface area contributed by atoms with E-state index in [2.05, 4.69) is 0 Å². The molecule has 0 rings (SSSR count). The predicted octanol–water partition coefficient (Wildman–Crippen LogP) is -0.162. The average molecular weight is 316 g/mol. The predicted molar refractivity (Wildman–Crippen MR) is 38.9 cm³/mol. The quantitative estimate of drug-likeness (QED) is 0.439. The van der Waals surface area contributed by atoms with Gasteiger partial charge < -0.3 is 16.4 Å². The van der Waals surface area contributed by atoms with Crippen LogP contribution >= 0.6 is 19.8 Å². The molecule has 0 N–H and O–H groups in total. The van der Waals surface area contributed by atoms with Crippen molar-refractivity contribution in [3.05, 3.63) is 0 Å². The van der Waals surface area contributed by atoms with E-state index in [4.69, 9.17) is 0 Å². The summed E-state index contributed by atoms with van der Waals surface area (Å²) >= 11 is 0. The molecule has 0 heterocycles. The Balaban J connectivity index is 0. The van der Waals surface area contributed by atoms with Gasteiger partial charge in [0.1, 0.15) is 0 Å². The molecule has 14 radical (unpaired) electrons. The summed E-state index contributed by atoms with van der Waals surface area (Å²) in [5.41, 5.74) is 0. The SMILES string of the molecule is [Al+3].[Al+3].[O-2].[O-2].[O-2].[P].[P].[Si].[Si].[Ti].[Ti]. The molecule has 0 saturated heterocycles. The first kappa shape index (κ1) is 204. The summed E-state index contributed by atoms with van der Waals surface area (Å²) in [5.74, 6) is 0. The molecule has 11 heteroatoms. The Morgan fingerprint density at radius 3 is 0.455 bits per heavy atom. The molecule has 0 spiro atoms. The van der Waals surface area contributed by atoms with Crippen LogP contribution in [0.5, 0.6) is 0 Å². The molecule has 0 aromatic heterocycles. The van der Waals surface area contributed by atoms with E-state index in [9.17, 15) is 0 Å². The average Bonchev–Trinajstić information content (AvgIpc) is 0. The first-order valence-electron chi connectivity index (χ1n) is 0. The largest absolute Gasteiger partial charge is 3.00 e. The zero-order valence-electron chi connectivity index (χ0n) is 5.27. The van der Waals surface area contributed by atoms with Crippen LogP contribution in [0.1, 0.15) is 0 Å². The Morgan fingerprint density at radius 1 is 0.455 bits per heavy atom. The smallest absolute Gasteiger partial charge is 2.00 e. The van der Waals surface area contributed by atoms with Gasteiger partial charge in [-0.25, -0.2) is 0 Å². The Kier molecular flexibility index (Phi) is 3020. The molecule has 0 aromatic rings. The zero-order valence-corrected chi connectivity index (χ0v) is 14.5. The molecule has 3 nitrogen and oxygen atoms in total. The van der Waals surface area contributed by atoms with Crippen LogP contribution in [0.25, 0.3) is 0 Å². The van der Waals surface area contributed by atoms with Gasteiger partial charge in [0, 0.05) is 85.2 Å². The van der Waals surface area contributed by atoms with Gasteiger partial charge in [-0.2, -0.15) is 0 Å². The van der Waals surface area contributed by atoms with Gasteiger partial charge in [-0.05, 0) is 0 Å². The molecule has 0 fully saturated rings. The molecule has 0 aliphatic rings. The van der Waals surface area contributed by atoms with Crippen molar-refractivity contribution in [2.45, 2.75) is 0 Å². The van der Waals surface area contributed by atoms with Crippen LogP contribution in [0, 0.1) is 0 Å². The standard InChI is InChI=1S/2Al.3O.2P.2Si.2Ti/q2*+3;3*-2;;;;;;. The topological polar surface area (TPSA) is 85.5 Å². The van der Waals surface area contributed by atoms with Crippen molar-refractivity contribution in [1.82, 2.24) is 0 Å². The summed E-state index contributed by atoms with van der Waals surface area (Å²) < 4.78 is 0. The summed E-state index contributed by atoms with van der Waals surface area (Å²) in [4.78, 5) is 0. The zero-order chi connectivity index (χ0) is 0. The van der Waals surface area contributed by atoms with Crippen LogP contribution in [0.2, 0.25) is 0 Å². The van der Waals surface area contributed by atoms with Gasteiger partial charge in [0.25, 0.3) is 0 Å². The molecular weight excluding hydrogens is 316 g/mol. The summed E-state index contributed by atoms with van der Waals surface area (Å²) in [7, 11) is 0. The monoisotopic (exact) mass is 316 g/mol. The van der Waals surface area contributed by atoms with Crippen molar-refractivity contribution in [3.8, 4) is 0 Å². The van der Waals surface area contributed by atoms with Gasteiger partial charge in [0.15, 0.2) is 0 Å². The van der Waals surface area contributed by atoms with Crippen molar-refractivity contribution in [3.63, 3.8) is 0 Å². The molecule has 0 aliphatic carbocycles. The third-order valence-electron chi connectivity index (χ3n) is 0. The van der Waals surface area contributed by atoms with Crippen LogP contribution in [0.3, 0.4) is 0 Å². The van der Waals surface area contributed by atoms with E-state index in [-0.39, 0.29) is 136 Å². The Bertz CT molecular complexity index is 25.3. The molecular formula is Al2O3P2Si2Ti2. The summed E-state index contributed by atoms with van der Waals surface area (Å²) in [6, 6.07) is 0. The maximum absolute atomic E-state index is 0. The molecule has 0 bridgehead atoms. The van der Waals surface area contributed by atoms with E-state index in [0.717, 1.165) is 0 Å². The van der Waals surface area contributed by atoms with Gasteiger partial charge in [0.05, 0.1) is 0 Å². The van der Waals surface area contributed by atoms with E-state index in [1.165, 1.54) is 0 Å². The maximum atomic E-state index is 0. The van der Waals surface area contributed by atoms with Crippen molar-refractivity contribution >= 4 is 76.5 Å². The van der Waals surface area contributed by atoms with E-state index < -0.39 is 0 Å². The van der Waals surface area contributed by atoms with E-state index >= 15 is 0 Å². The van der Waals surface area contributed by atoms with Crippen LogP contribution in [0.4, 0.5) is 0 Å². The fraction of sp³-hybridized carbons (Fsp3) is 0. The molecule has 0 atom stereocenters. The first-order valence-corrected chi connectivity index (χ1v) is 0. The summed E-state index contributed by atoms with van der Waals surface area (Å²) in [5, 5.41) is 0. The first-order chi connectivity index (χ1) is 0. The second kappa shape index (κ2) is 163. The van der Waals surface area contributed by atoms with Crippen molar-refractivity contribution in [2.24, 2.45) is 0 Å². The van der Waals surface area contributed by atoms with Gasteiger partial charge in [-0.15, -0.1) is 0 Å². The molecule has 0 saturated carbocycles. The van der Waals surface area contributed by atoms with Crippen molar-refractivity contribution < 1.29 is 59.9 Å². The van der Waals surface area contributed by atoms with E-state index in [0.29, 0.717) is 0 Å². The normalized spacial score (nSPS) is 0. The minimum Gasteiger partial charge on any atom is -2.00 e. The fourth-order valence-corrected chi connectivity index (χ4v) is 0. The summed E-state index contributed by atoms with van der Waals surface area (Å²) in [6.07, 6.45) is 0. The molecule has 0 aromatic carbocycles. The Morgan fingerprint density at radius 2 is 0.455 bits per heavy atom. The van der Waals surface area contributed by atoms with E-state index in [1.54, 1.807) is 0 Å². The molecule has 0 amide bonds.